The largest absolute Gasteiger partial charge is 0.481 e. The van der Waals surface area contributed by atoms with Gasteiger partial charge in [0, 0.05) is 19.2 Å². The fraction of sp³-hybridized carbons (Fsp3) is 0.294. The summed E-state index contributed by atoms with van der Waals surface area (Å²) in [5.74, 6) is -2.61. The molecule has 130 valence electrons. The van der Waals surface area contributed by atoms with Crippen molar-refractivity contribution in [1.29, 1.82) is 0 Å². The number of aliphatic carboxylic acids is 1. The number of nitrogens with zero attached hydrogens (tertiary/aromatic N) is 3. The predicted octanol–water partition coefficient (Wildman–Crippen LogP) is 1.16. The Morgan fingerprint density at radius 1 is 1.16 bits per heavy atom. The van der Waals surface area contributed by atoms with Crippen LogP contribution in [0.2, 0.25) is 0 Å². The number of benzene rings is 1. The van der Waals surface area contributed by atoms with Gasteiger partial charge in [0.1, 0.15) is 11.5 Å². The fourth-order valence-corrected chi connectivity index (χ4v) is 2.91. The summed E-state index contributed by atoms with van der Waals surface area (Å²) < 4.78 is 14.1. The van der Waals surface area contributed by atoms with Crippen molar-refractivity contribution in [3.8, 4) is 5.69 Å². The molecule has 7 nitrogen and oxygen atoms in total. The number of aromatic nitrogens is 2. The van der Waals surface area contributed by atoms with Gasteiger partial charge in [0.2, 0.25) is 0 Å². The van der Waals surface area contributed by atoms with E-state index in [0.29, 0.717) is 12.2 Å². The highest BCUT2D eigenvalue weighted by molar-refractivity contribution is 5.92. The third kappa shape index (κ3) is 3.28. The molecule has 0 spiro atoms. The molecule has 1 amide bonds. The maximum atomic E-state index is 13.0. The molecule has 0 radical (unpaired) electrons. The first-order valence-electron chi connectivity index (χ1n) is 7.75. The maximum absolute atomic E-state index is 13.0. The zero-order valence-electron chi connectivity index (χ0n) is 13.4. The Morgan fingerprint density at radius 3 is 2.44 bits per heavy atom. The number of hydrogen-bond acceptors (Lipinski definition) is 4. The molecule has 0 unspecified atom stereocenters. The van der Waals surface area contributed by atoms with Gasteiger partial charge in [-0.3, -0.25) is 14.4 Å². The molecular formula is C17H16FN3O4. The molecule has 8 heteroatoms. The highest BCUT2D eigenvalue weighted by Gasteiger charge is 2.37. The summed E-state index contributed by atoms with van der Waals surface area (Å²) in [6.45, 7) is 2.19. The number of hydrogen-bond donors (Lipinski definition) is 1. The van der Waals surface area contributed by atoms with E-state index < -0.39 is 29.2 Å². The summed E-state index contributed by atoms with van der Waals surface area (Å²) in [6, 6.07) is 7.67. The number of carbonyl (C=O) groups excluding carboxylic acids is 1. The highest BCUT2D eigenvalue weighted by Crippen LogP contribution is 2.24. The van der Waals surface area contributed by atoms with Gasteiger partial charge in [-0.25, -0.2) is 4.39 Å². The van der Waals surface area contributed by atoms with Crippen LogP contribution in [0.25, 0.3) is 5.69 Å². The molecule has 0 saturated carbocycles. The molecule has 1 N–H and O–H groups in total. The summed E-state index contributed by atoms with van der Waals surface area (Å²) in [7, 11) is 0. The van der Waals surface area contributed by atoms with E-state index in [9.17, 15) is 23.9 Å². The SMILES string of the molecule is C[C@@H]1CN(C(=O)c2ccc(=O)n(-c3ccc(F)cc3)n2)C[C@H]1C(=O)O. The lowest BCUT2D eigenvalue weighted by Gasteiger charge is -2.16. The van der Waals surface area contributed by atoms with E-state index in [-0.39, 0.29) is 18.2 Å². The average Bonchev–Trinajstić information content (AvgIpc) is 2.98. The van der Waals surface area contributed by atoms with Gasteiger partial charge in [-0.1, -0.05) is 6.92 Å². The van der Waals surface area contributed by atoms with Crippen LogP contribution in [0.1, 0.15) is 17.4 Å². The topological polar surface area (TPSA) is 92.5 Å². The number of carboxylic acids is 1. The first kappa shape index (κ1) is 16.8. The third-order valence-electron chi connectivity index (χ3n) is 4.31. The summed E-state index contributed by atoms with van der Waals surface area (Å²) in [6.07, 6.45) is 0. The minimum absolute atomic E-state index is 0.0298. The average molecular weight is 345 g/mol. The minimum atomic E-state index is -0.938. The second kappa shape index (κ2) is 6.46. The molecule has 0 aliphatic carbocycles. The third-order valence-corrected chi connectivity index (χ3v) is 4.31. The molecule has 2 heterocycles. The van der Waals surface area contributed by atoms with E-state index >= 15 is 0 Å². The Hall–Kier alpha value is -3.03. The number of amides is 1. The number of carbonyl (C=O) groups is 2. The van der Waals surface area contributed by atoms with Gasteiger partial charge >= 0.3 is 5.97 Å². The molecule has 1 aliphatic heterocycles. The van der Waals surface area contributed by atoms with Crippen LogP contribution in [0.4, 0.5) is 4.39 Å². The van der Waals surface area contributed by atoms with E-state index in [1.165, 1.54) is 41.3 Å². The Kier molecular flexibility index (Phi) is 4.35. The molecule has 2 aromatic rings. The number of likely N-dealkylation sites (tertiary alicyclic amines) is 1. The molecule has 0 bridgehead atoms. The smallest absolute Gasteiger partial charge is 0.308 e. The Morgan fingerprint density at radius 2 is 1.84 bits per heavy atom. The molecule has 1 fully saturated rings. The van der Waals surface area contributed by atoms with E-state index in [2.05, 4.69) is 5.10 Å². The summed E-state index contributed by atoms with van der Waals surface area (Å²) in [5.41, 5.74) is -0.0947. The van der Waals surface area contributed by atoms with Crippen molar-refractivity contribution in [2.75, 3.05) is 13.1 Å². The van der Waals surface area contributed by atoms with Gasteiger partial charge in [0.15, 0.2) is 0 Å². The molecule has 1 aromatic heterocycles. The number of halogens is 1. The molecule has 2 atom stereocenters. The molecule has 1 aromatic carbocycles. The van der Waals surface area contributed by atoms with Gasteiger partial charge in [-0.2, -0.15) is 9.78 Å². The summed E-state index contributed by atoms with van der Waals surface area (Å²) in [5, 5.41) is 13.2. The lowest BCUT2D eigenvalue weighted by atomic mass is 9.99. The van der Waals surface area contributed by atoms with Crippen molar-refractivity contribution >= 4 is 11.9 Å². The van der Waals surface area contributed by atoms with Crippen molar-refractivity contribution in [1.82, 2.24) is 14.7 Å². The lowest BCUT2D eigenvalue weighted by molar-refractivity contribution is -0.142. The van der Waals surface area contributed by atoms with Crippen molar-refractivity contribution in [3.63, 3.8) is 0 Å². The van der Waals surface area contributed by atoms with E-state index in [0.717, 1.165) is 4.68 Å². The van der Waals surface area contributed by atoms with Gasteiger partial charge < -0.3 is 10.0 Å². The summed E-state index contributed by atoms with van der Waals surface area (Å²) >= 11 is 0. The Bertz CT molecular complexity index is 878. The molecular weight excluding hydrogens is 329 g/mol. The van der Waals surface area contributed by atoms with Gasteiger partial charge in [-0.05, 0) is 36.2 Å². The molecule has 1 saturated heterocycles. The standard InChI is InChI=1S/C17H16FN3O4/c1-10-8-20(9-13(10)17(24)25)16(23)14-6-7-15(22)21(19-14)12-4-2-11(18)3-5-12/h2-7,10,13H,8-9H2,1H3,(H,24,25)/t10-,13-/m1/s1. The maximum Gasteiger partial charge on any atom is 0.308 e. The van der Waals surface area contributed by atoms with Gasteiger partial charge in [-0.15, -0.1) is 0 Å². The first-order chi connectivity index (χ1) is 11.9. The molecule has 1 aliphatic rings. The Labute approximate surface area is 142 Å². The molecule has 25 heavy (non-hydrogen) atoms. The van der Waals surface area contributed by atoms with Crippen LogP contribution in [0, 0.1) is 17.7 Å². The normalized spacial score (nSPS) is 19.8. The van der Waals surface area contributed by atoms with Crippen molar-refractivity contribution in [2.45, 2.75) is 6.92 Å². The van der Waals surface area contributed by atoms with Crippen molar-refractivity contribution in [2.24, 2.45) is 11.8 Å². The monoisotopic (exact) mass is 345 g/mol. The lowest BCUT2D eigenvalue weighted by Crippen LogP contribution is -2.32. The Balaban J connectivity index is 1.90. The van der Waals surface area contributed by atoms with Crippen LogP contribution in [-0.2, 0) is 4.79 Å². The number of rotatable bonds is 3. The minimum Gasteiger partial charge on any atom is -0.481 e. The van der Waals surface area contributed by atoms with Gasteiger partial charge in [0.25, 0.3) is 11.5 Å². The van der Waals surface area contributed by atoms with E-state index in [1.54, 1.807) is 6.92 Å². The van der Waals surface area contributed by atoms with E-state index in [4.69, 9.17) is 0 Å². The zero-order valence-corrected chi connectivity index (χ0v) is 13.4. The van der Waals surface area contributed by atoms with Crippen LogP contribution >= 0.6 is 0 Å². The predicted molar refractivity (Wildman–Crippen MR) is 86.0 cm³/mol. The van der Waals surface area contributed by atoms with Crippen LogP contribution < -0.4 is 5.56 Å². The fourth-order valence-electron chi connectivity index (χ4n) is 2.91. The van der Waals surface area contributed by atoms with E-state index in [1.807, 2.05) is 0 Å². The number of carboxylic acid groups (broad SMARTS) is 1. The van der Waals surface area contributed by atoms with Gasteiger partial charge in [0.05, 0.1) is 11.6 Å². The second-order valence-electron chi connectivity index (χ2n) is 6.08. The van der Waals surface area contributed by atoms with Crippen LogP contribution in [0.15, 0.2) is 41.2 Å². The summed E-state index contributed by atoms with van der Waals surface area (Å²) in [4.78, 5) is 37.2. The quantitative estimate of drug-likeness (QED) is 0.901. The van der Waals surface area contributed by atoms with Crippen molar-refractivity contribution < 1.29 is 19.1 Å². The van der Waals surface area contributed by atoms with Crippen molar-refractivity contribution in [3.05, 3.63) is 58.3 Å². The second-order valence-corrected chi connectivity index (χ2v) is 6.08. The zero-order chi connectivity index (χ0) is 18.1. The van der Waals surface area contributed by atoms with Crippen LogP contribution in [0.3, 0.4) is 0 Å². The highest BCUT2D eigenvalue weighted by atomic mass is 19.1. The first-order valence-corrected chi connectivity index (χ1v) is 7.75. The molecule has 3 rings (SSSR count). The van der Waals surface area contributed by atoms with Crippen LogP contribution in [0.5, 0.6) is 0 Å². The van der Waals surface area contributed by atoms with Crippen LogP contribution in [-0.4, -0.2) is 44.8 Å².